The van der Waals surface area contributed by atoms with Crippen molar-refractivity contribution in [3.8, 4) is 0 Å². The van der Waals surface area contributed by atoms with Crippen LogP contribution in [0.2, 0.25) is 0 Å². The van der Waals surface area contributed by atoms with Crippen LogP contribution in [-0.2, 0) is 14.3 Å². The number of esters is 1. The average Bonchev–Trinajstić information content (AvgIpc) is 3.39. The van der Waals surface area contributed by atoms with Crippen LogP contribution in [0.1, 0.15) is 74.4 Å². The van der Waals surface area contributed by atoms with Crippen LogP contribution in [-0.4, -0.2) is 28.6 Å². The maximum atomic E-state index is 13.7. The number of carbonyl (C=O) groups is 2. The number of rotatable bonds is 9. The summed E-state index contributed by atoms with van der Waals surface area (Å²) in [6.07, 6.45) is 0.153. The molecule has 0 radical (unpaired) electrons. The minimum Gasteiger partial charge on any atom is -0.463 e. The van der Waals surface area contributed by atoms with Gasteiger partial charge in [0.05, 0.1) is 36.4 Å². The molecule has 0 bridgehead atoms. The lowest BCUT2D eigenvalue weighted by atomic mass is 9.90. The Morgan fingerprint density at radius 3 is 2.22 bits per heavy atom. The highest BCUT2D eigenvalue weighted by Gasteiger charge is 2.42. The van der Waals surface area contributed by atoms with Gasteiger partial charge in [0.25, 0.3) is 0 Å². The quantitative estimate of drug-likeness (QED) is 0.275. The molecule has 0 saturated carbocycles. The fourth-order valence-electron chi connectivity index (χ4n) is 5.15. The van der Waals surface area contributed by atoms with Crippen LogP contribution >= 0.6 is 11.8 Å². The van der Waals surface area contributed by atoms with Gasteiger partial charge in [-0.1, -0.05) is 111 Å². The Bertz CT molecular complexity index is 1500. The van der Waals surface area contributed by atoms with E-state index < -0.39 is 12.0 Å². The van der Waals surface area contributed by atoms with E-state index >= 15 is 0 Å². The summed E-state index contributed by atoms with van der Waals surface area (Å²) >= 11 is 1.47. The summed E-state index contributed by atoms with van der Waals surface area (Å²) in [5.41, 5.74) is 5.88. The number of carbonyl (C=O) groups excluding carboxylic acids is 2. The Kier molecular flexibility index (Phi) is 8.74. The number of nitrogens with one attached hydrogen (secondary N) is 1. The van der Waals surface area contributed by atoms with Crippen molar-refractivity contribution in [3.05, 3.63) is 124 Å². The first kappa shape index (κ1) is 28.4. The Morgan fingerprint density at radius 2 is 1.59 bits per heavy atom. The average molecular weight is 566 g/mol. The normalized spacial score (nSPS) is 17.1. The molecule has 2 aliphatic rings. The summed E-state index contributed by atoms with van der Waals surface area (Å²) in [6, 6.07) is 27.4. The Morgan fingerprint density at radius 1 is 0.927 bits per heavy atom. The van der Waals surface area contributed by atoms with Crippen molar-refractivity contribution in [1.82, 2.24) is 10.2 Å². The topological polar surface area (TPSA) is 71.0 Å². The highest BCUT2D eigenvalue weighted by Crippen LogP contribution is 2.47. The predicted molar refractivity (Wildman–Crippen MR) is 166 cm³/mol. The van der Waals surface area contributed by atoms with E-state index in [0.717, 1.165) is 27.6 Å². The summed E-state index contributed by atoms with van der Waals surface area (Å²) < 4.78 is 5.61. The number of hydrogen-bond donors (Lipinski definition) is 1. The fraction of sp³-hybridized carbons (Fsp3) is 0.265. The van der Waals surface area contributed by atoms with Gasteiger partial charge < -0.3 is 15.0 Å². The van der Waals surface area contributed by atoms with Crippen LogP contribution in [0.3, 0.4) is 0 Å². The standard InChI is InChI=1S/C34H35N3O3S/c1-5-40-33(39)30-31(26-14-10-7-11-15-26)36-34-37(32(30)27-18-16-24(17-19-27)22(2)3)28(21-41-34)20-29(38)35-23(4)25-12-8-6-9-13-25/h6-19,21-23,32H,5,20H2,1-4H3,(H,35,38). The van der Waals surface area contributed by atoms with Gasteiger partial charge in [-0.05, 0) is 41.9 Å². The van der Waals surface area contributed by atoms with Crippen molar-refractivity contribution >= 4 is 34.5 Å². The third kappa shape index (κ3) is 6.15. The lowest BCUT2D eigenvalue weighted by Crippen LogP contribution is -2.38. The molecule has 0 aromatic heterocycles. The number of benzene rings is 3. The Hall–Kier alpha value is -4.10. The molecule has 1 N–H and O–H groups in total. The summed E-state index contributed by atoms with van der Waals surface area (Å²) in [4.78, 5) is 34.0. The summed E-state index contributed by atoms with van der Waals surface area (Å²) in [5.74, 6) is -0.134. The number of nitrogens with zero attached hydrogens (tertiary/aromatic N) is 2. The zero-order valence-electron chi connectivity index (χ0n) is 23.8. The van der Waals surface area contributed by atoms with Gasteiger partial charge in [0.15, 0.2) is 5.17 Å². The zero-order valence-corrected chi connectivity index (χ0v) is 24.7. The van der Waals surface area contributed by atoms with E-state index in [9.17, 15) is 9.59 Å². The SMILES string of the molecule is CCOC(=O)C1=C(c2ccccc2)N=C2SC=C(CC(=O)NC(C)c3ccccc3)N2C1c1ccc(C(C)C)cc1. The highest BCUT2D eigenvalue weighted by molar-refractivity contribution is 8.16. The van der Waals surface area contributed by atoms with Gasteiger partial charge in [0.1, 0.15) is 0 Å². The second kappa shape index (κ2) is 12.6. The van der Waals surface area contributed by atoms with Crippen molar-refractivity contribution in [2.75, 3.05) is 6.61 Å². The lowest BCUT2D eigenvalue weighted by molar-refractivity contribution is -0.139. The van der Waals surface area contributed by atoms with Crippen molar-refractivity contribution in [3.63, 3.8) is 0 Å². The molecule has 2 aliphatic heterocycles. The summed E-state index contributed by atoms with van der Waals surface area (Å²) in [7, 11) is 0. The molecule has 5 rings (SSSR count). The van der Waals surface area contributed by atoms with Crippen LogP contribution in [0.25, 0.3) is 5.70 Å². The number of fused-ring (bicyclic) bond motifs is 1. The smallest absolute Gasteiger partial charge is 0.338 e. The maximum Gasteiger partial charge on any atom is 0.338 e. The molecule has 7 heteroatoms. The molecule has 210 valence electrons. The number of hydrogen-bond acceptors (Lipinski definition) is 6. The van der Waals surface area contributed by atoms with Gasteiger partial charge in [-0.3, -0.25) is 4.79 Å². The van der Waals surface area contributed by atoms with Crippen molar-refractivity contribution < 1.29 is 14.3 Å². The molecule has 0 saturated heterocycles. The van der Waals surface area contributed by atoms with Gasteiger partial charge in [0.2, 0.25) is 5.91 Å². The van der Waals surface area contributed by atoms with Crippen LogP contribution in [0.15, 0.2) is 107 Å². The third-order valence-electron chi connectivity index (χ3n) is 7.29. The second-order valence-electron chi connectivity index (χ2n) is 10.4. The van der Waals surface area contributed by atoms with Gasteiger partial charge in [0, 0.05) is 11.3 Å². The Labute approximate surface area is 246 Å². The molecule has 0 aliphatic carbocycles. The Balaban J connectivity index is 1.54. The fourth-order valence-corrected chi connectivity index (χ4v) is 6.07. The third-order valence-corrected chi connectivity index (χ3v) is 8.18. The van der Waals surface area contributed by atoms with Crippen molar-refractivity contribution in [2.24, 2.45) is 4.99 Å². The lowest BCUT2D eigenvalue weighted by Gasteiger charge is -2.37. The van der Waals surface area contributed by atoms with E-state index in [1.165, 1.54) is 17.3 Å². The molecule has 2 heterocycles. The number of ether oxygens (including phenoxy) is 1. The number of aliphatic imine (C=N–C) groups is 1. The maximum absolute atomic E-state index is 13.7. The first-order valence-corrected chi connectivity index (χ1v) is 14.9. The molecule has 0 spiro atoms. The zero-order chi connectivity index (χ0) is 28.9. The molecule has 0 fully saturated rings. The molecule has 1 amide bonds. The molecular formula is C34H35N3O3S. The van der Waals surface area contributed by atoms with E-state index in [0.29, 0.717) is 17.2 Å². The van der Waals surface area contributed by atoms with Crippen LogP contribution in [0.5, 0.6) is 0 Å². The number of amidine groups is 1. The van der Waals surface area contributed by atoms with Crippen LogP contribution < -0.4 is 5.32 Å². The van der Waals surface area contributed by atoms with Gasteiger partial charge in [-0.25, -0.2) is 9.79 Å². The molecule has 6 nitrogen and oxygen atoms in total. The van der Waals surface area contributed by atoms with E-state index in [2.05, 4.69) is 43.4 Å². The van der Waals surface area contributed by atoms with Gasteiger partial charge in [-0.2, -0.15) is 0 Å². The monoisotopic (exact) mass is 565 g/mol. The number of amides is 1. The largest absolute Gasteiger partial charge is 0.463 e. The summed E-state index contributed by atoms with van der Waals surface area (Å²) in [5, 5.41) is 5.82. The second-order valence-corrected chi connectivity index (χ2v) is 11.3. The molecular weight excluding hydrogens is 530 g/mol. The van der Waals surface area contributed by atoms with Gasteiger partial charge >= 0.3 is 5.97 Å². The molecule has 3 aromatic rings. The van der Waals surface area contributed by atoms with Gasteiger partial charge in [-0.15, -0.1) is 0 Å². The molecule has 3 aromatic carbocycles. The highest BCUT2D eigenvalue weighted by atomic mass is 32.2. The molecule has 2 unspecified atom stereocenters. The van der Waals surface area contributed by atoms with E-state index in [1.54, 1.807) is 6.92 Å². The minimum atomic E-state index is -0.501. The van der Waals surface area contributed by atoms with Crippen molar-refractivity contribution in [2.45, 2.75) is 52.1 Å². The first-order chi connectivity index (χ1) is 19.9. The van der Waals surface area contributed by atoms with E-state index in [1.807, 2.05) is 77.9 Å². The molecule has 41 heavy (non-hydrogen) atoms. The van der Waals surface area contributed by atoms with E-state index in [-0.39, 0.29) is 25.0 Å². The van der Waals surface area contributed by atoms with E-state index in [4.69, 9.17) is 9.73 Å². The molecule has 2 atom stereocenters. The van der Waals surface area contributed by atoms with Crippen LogP contribution in [0, 0.1) is 0 Å². The predicted octanol–water partition coefficient (Wildman–Crippen LogP) is 7.35. The number of thioether (sulfide) groups is 1. The van der Waals surface area contributed by atoms with Crippen molar-refractivity contribution in [1.29, 1.82) is 0 Å². The summed E-state index contributed by atoms with van der Waals surface area (Å²) in [6.45, 7) is 8.35. The first-order valence-electron chi connectivity index (χ1n) is 14.0. The van der Waals surface area contributed by atoms with Crippen LogP contribution in [0.4, 0.5) is 0 Å². The minimum absolute atomic E-state index is 0.0983.